The van der Waals surface area contributed by atoms with E-state index in [9.17, 15) is 19.5 Å². The van der Waals surface area contributed by atoms with Gasteiger partial charge in [-0.25, -0.2) is 0 Å². The van der Waals surface area contributed by atoms with E-state index in [0.29, 0.717) is 44.4 Å². The second-order valence-corrected chi connectivity index (χ2v) is 19.4. The molecule has 10 nitrogen and oxygen atoms in total. The summed E-state index contributed by atoms with van der Waals surface area (Å²) in [7, 11) is -0.364. The van der Waals surface area contributed by atoms with E-state index in [1.165, 1.54) is 25.3 Å². The minimum absolute atomic E-state index is 0.00742. The lowest BCUT2D eigenvalue weighted by Crippen LogP contribution is -2.43. The first-order valence-electron chi connectivity index (χ1n) is 17.3. The number of nitrogens with one attached hydrogen (secondary N) is 3. The van der Waals surface area contributed by atoms with Crippen LogP contribution in [0.1, 0.15) is 76.5 Å². The van der Waals surface area contributed by atoms with Gasteiger partial charge >= 0.3 is 0 Å². The number of amides is 2. The molecule has 0 saturated carbocycles. The summed E-state index contributed by atoms with van der Waals surface area (Å²) < 4.78 is 6.90. The number of benzene rings is 2. The predicted octanol–water partition coefficient (Wildman–Crippen LogP) is 6.14. The highest BCUT2D eigenvalue weighted by Gasteiger charge is 2.39. The summed E-state index contributed by atoms with van der Waals surface area (Å²) >= 11 is 0. The number of likely N-dealkylation sites (tertiary alicyclic amines) is 1. The van der Waals surface area contributed by atoms with Crippen LogP contribution in [0.4, 0.5) is 5.69 Å². The molecule has 2 amide bonds. The van der Waals surface area contributed by atoms with Crippen molar-refractivity contribution in [3.8, 4) is 5.75 Å². The van der Waals surface area contributed by atoms with Crippen LogP contribution in [0.2, 0.25) is 18.1 Å². The van der Waals surface area contributed by atoms with Crippen LogP contribution in [0.5, 0.6) is 5.75 Å². The maximum Gasteiger partial charge on any atom is 0.248 e. The summed E-state index contributed by atoms with van der Waals surface area (Å²) in [5, 5.41) is 17.7. The number of phenolic OH excluding ortho intramolecular Hbond substituents is 1. The van der Waals surface area contributed by atoms with Crippen molar-refractivity contribution in [2.24, 2.45) is 0 Å². The number of nitrogens with zero attached hydrogens (tertiary/aromatic N) is 2. The predicted molar refractivity (Wildman–Crippen MR) is 196 cm³/mol. The summed E-state index contributed by atoms with van der Waals surface area (Å²) in [6.45, 7) is 15.7. The number of phenols is 1. The fourth-order valence-electron chi connectivity index (χ4n) is 5.79. The largest absolute Gasteiger partial charge is 0.506 e. The molecule has 3 aromatic rings. The number of carbonyl (C=O) groups is 2. The Hall–Kier alpha value is -3.51. The Kier molecular flexibility index (Phi) is 13.0. The molecule has 0 radical (unpaired) electrons. The molecule has 48 heavy (non-hydrogen) atoms. The van der Waals surface area contributed by atoms with Gasteiger partial charge in [0.05, 0.1) is 11.6 Å². The van der Waals surface area contributed by atoms with Gasteiger partial charge in [0.1, 0.15) is 5.75 Å². The van der Waals surface area contributed by atoms with E-state index in [1.807, 2.05) is 37.4 Å². The monoisotopic (exact) mass is 677 g/mol. The highest BCUT2D eigenvalue weighted by Crippen LogP contribution is 2.41. The van der Waals surface area contributed by atoms with Gasteiger partial charge in [-0.05, 0) is 85.9 Å². The molecule has 1 aliphatic rings. The Labute approximate surface area is 286 Å². The number of piperidine rings is 1. The molecule has 1 aromatic heterocycles. The first-order chi connectivity index (χ1) is 22.7. The number of H-pyrrole nitrogens is 1. The third kappa shape index (κ3) is 10.5. The number of anilines is 1. The fourth-order valence-corrected chi connectivity index (χ4v) is 7.07. The molecule has 0 unspecified atom stereocenters. The molecular weight excluding hydrogens is 623 g/mol. The molecule has 262 valence electrons. The van der Waals surface area contributed by atoms with Crippen LogP contribution in [-0.4, -0.2) is 79.8 Å². The number of hydrogen-bond donors (Lipinski definition) is 4. The summed E-state index contributed by atoms with van der Waals surface area (Å²) in [5.74, 6) is 0.0950. The number of aromatic nitrogens is 1. The van der Waals surface area contributed by atoms with Crippen LogP contribution < -0.4 is 16.2 Å². The van der Waals surface area contributed by atoms with Gasteiger partial charge < -0.3 is 34.9 Å². The Morgan fingerprint density at radius 1 is 1.02 bits per heavy atom. The Morgan fingerprint density at radius 3 is 2.42 bits per heavy atom. The molecule has 0 bridgehead atoms. The van der Waals surface area contributed by atoms with Crippen molar-refractivity contribution in [1.82, 2.24) is 20.1 Å². The molecule has 2 heterocycles. The topological polar surface area (TPSA) is 127 Å². The maximum atomic E-state index is 12.6. The zero-order chi connectivity index (χ0) is 34.9. The number of rotatable bonds is 15. The van der Waals surface area contributed by atoms with Crippen LogP contribution in [-0.2, 0) is 20.6 Å². The molecule has 2 aromatic carbocycles. The van der Waals surface area contributed by atoms with Gasteiger partial charge in [-0.2, -0.15) is 0 Å². The summed E-state index contributed by atoms with van der Waals surface area (Å²) in [6.07, 6.45) is 4.92. The average molecular weight is 678 g/mol. The first-order valence-corrected chi connectivity index (χ1v) is 20.2. The summed E-state index contributed by atoms with van der Waals surface area (Å²) in [4.78, 5) is 44.0. The van der Waals surface area contributed by atoms with E-state index in [-0.39, 0.29) is 34.3 Å². The van der Waals surface area contributed by atoms with Crippen molar-refractivity contribution >= 4 is 36.7 Å². The van der Waals surface area contributed by atoms with Gasteiger partial charge in [0.25, 0.3) is 0 Å². The second-order valence-electron chi connectivity index (χ2n) is 14.6. The third-order valence-electron chi connectivity index (χ3n) is 9.81. The van der Waals surface area contributed by atoms with Gasteiger partial charge in [-0.15, -0.1) is 0 Å². The lowest BCUT2D eigenvalue weighted by Gasteiger charge is -2.39. The lowest BCUT2D eigenvalue weighted by molar-refractivity contribution is -0.130. The van der Waals surface area contributed by atoms with E-state index in [1.54, 1.807) is 17.0 Å². The van der Waals surface area contributed by atoms with Crippen LogP contribution in [0, 0.1) is 0 Å². The molecule has 1 aliphatic heterocycles. The second kappa shape index (κ2) is 16.7. The number of carbonyl (C=O) groups excluding carboxylic acids is 2. The number of hydrogen-bond acceptors (Lipinski definition) is 7. The van der Waals surface area contributed by atoms with Crippen LogP contribution in [0.3, 0.4) is 0 Å². The Bertz CT molecular complexity index is 1580. The Morgan fingerprint density at radius 2 is 1.73 bits per heavy atom. The van der Waals surface area contributed by atoms with Gasteiger partial charge in [-0.3, -0.25) is 14.4 Å². The normalized spacial score (nSPS) is 15.0. The summed E-state index contributed by atoms with van der Waals surface area (Å²) in [5.41, 5.74) is 2.84. The summed E-state index contributed by atoms with van der Waals surface area (Å²) in [6, 6.07) is 14.5. The number of aromatic amines is 1. The van der Waals surface area contributed by atoms with Crippen molar-refractivity contribution in [3.63, 3.8) is 0 Å². The van der Waals surface area contributed by atoms with Crippen molar-refractivity contribution in [2.45, 2.75) is 90.1 Å². The van der Waals surface area contributed by atoms with Crippen molar-refractivity contribution in [2.75, 3.05) is 45.1 Å². The van der Waals surface area contributed by atoms with E-state index in [4.69, 9.17) is 4.43 Å². The molecule has 1 atom stereocenters. The number of aromatic hydroxyl groups is 1. The van der Waals surface area contributed by atoms with E-state index in [0.717, 1.165) is 41.8 Å². The average Bonchev–Trinajstić information content (AvgIpc) is 3.04. The number of pyridine rings is 1. The highest BCUT2D eigenvalue weighted by molar-refractivity contribution is 6.74. The molecule has 11 heteroatoms. The van der Waals surface area contributed by atoms with Crippen molar-refractivity contribution in [1.29, 1.82) is 0 Å². The van der Waals surface area contributed by atoms with Gasteiger partial charge in [0.2, 0.25) is 17.4 Å². The quantitative estimate of drug-likeness (QED) is 0.142. The number of fused-ring (bicyclic) bond motifs is 1. The Balaban J connectivity index is 1.28. The molecular formula is C37H55N5O5Si. The van der Waals surface area contributed by atoms with Gasteiger partial charge in [-0.1, -0.05) is 45.4 Å². The standard InChI is InChI=1S/C37H55N5O5Si/c1-37(2,3)48(5,6)47-32(29-16-18-31(43)36-30(29)17-19-34(45)40-36)26-38-25-27-12-14-28(15-13-27)39-33(44)11-10-21-41(4)35(46)20-24-42-22-8-7-9-23-42/h12-19,32,38,43H,7-11,20-26H2,1-6H3,(H,39,44)(H,40,45)/t32-/m0/s1. The van der Waals surface area contributed by atoms with E-state index in [2.05, 4.69) is 54.4 Å². The maximum absolute atomic E-state index is 12.6. The molecule has 0 spiro atoms. The highest BCUT2D eigenvalue weighted by atomic mass is 28.4. The molecule has 4 N–H and O–H groups in total. The zero-order valence-electron chi connectivity index (χ0n) is 29.7. The third-order valence-corrected chi connectivity index (χ3v) is 14.3. The smallest absolute Gasteiger partial charge is 0.248 e. The minimum Gasteiger partial charge on any atom is -0.506 e. The van der Waals surface area contributed by atoms with E-state index >= 15 is 0 Å². The molecule has 1 fully saturated rings. The fraction of sp³-hybridized carbons (Fsp3) is 0.541. The SMILES string of the molecule is CN(CCCC(=O)Nc1ccc(CNC[C@H](O[Si](C)(C)C(C)(C)C)c2ccc(O)c3[nH]c(=O)ccc23)cc1)C(=O)CCN1CCCCC1. The zero-order valence-corrected chi connectivity index (χ0v) is 30.7. The van der Waals surface area contributed by atoms with Crippen LogP contribution >= 0.6 is 0 Å². The van der Waals surface area contributed by atoms with E-state index < -0.39 is 8.32 Å². The molecule has 4 rings (SSSR count). The van der Waals surface area contributed by atoms with Crippen LogP contribution in [0.25, 0.3) is 10.9 Å². The van der Waals surface area contributed by atoms with Crippen molar-refractivity contribution < 1.29 is 19.1 Å². The lowest BCUT2D eigenvalue weighted by atomic mass is 10.0. The van der Waals surface area contributed by atoms with Gasteiger partial charge in [0.15, 0.2) is 8.32 Å². The molecule has 1 saturated heterocycles. The first kappa shape index (κ1) is 37.3. The van der Waals surface area contributed by atoms with Crippen LogP contribution in [0.15, 0.2) is 53.3 Å². The van der Waals surface area contributed by atoms with Gasteiger partial charge in [0, 0.05) is 63.2 Å². The van der Waals surface area contributed by atoms with Crippen molar-refractivity contribution in [3.05, 3.63) is 70.0 Å². The minimum atomic E-state index is -2.18. The molecule has 0 aliphatic carbocycles.